The molecule has 6 aliphatic rings. The quantitative estimate of drug-likeness (QED) is 0.102. The molecule has 2 saturated carbocycles. The van der Waals surface area contributed by atoms with Gasteiger partial charge in [0.05, 0.1) is 75.2 Å². The summed E-state index contributed by atoms with van der Waals surface area (Å²) in [6.07, 6.45) is 29.8. The zero-order valence-electron chi connectivity index (χ0n) is 60.9. The molecule has 0 radical (unpaired) electrons. The molecular weight excluding hydrogens is 1570 g/mol. The van der Waals surface area contributed by atoms with Crippen molar-refractivity contribution in [2.75, 3.05) is 0 Å². The highest BCUT2D eigenvalue weighted by Gasteiger charge is 2.53. The maximum Gasteiger partial charge on any atom is 0.498 e. The van der Waals surface area contributed by atoms with E-state index >= 15 is 0 Å². The number of fused-ring (bicyclic) bond motifs is 10. The van der Waals surface area contributed by atoms with Crippen molar-refractivity contribution in [2.24, 2.45) is 28.2 Å². The third-order valence-electron chi connectivity index (χ3n) is 20.4. The van der Waals surface area contributed by atoms with Crippen molar-refractivity contribution in [3.8, 4) is 67.8 Å². The van der Waals surface area contributed by atoms with E-state index in [0.717, 1.165) is 103 Å². The molecule has 0 N–H and O–H groups in total. The highest BCUT2D eigenvalue weighted by Crippen LogP contribution is 2.54. The van der Waals surface area contributed by atoms with Crippen molar-refractivity contribution < 1.29 is 18.6 Å². The summed E-state index contributed by atoms with van der Waals surface area (Å²) in [5, 5.41) is 16.7. The minimum absolute atomic E-state index is 0.284. The predicted octanol–water partition coefficient (Wildman–Crippen LogP) is 15.7. The molecule has 22 nitrogen and oxygen atoms in total. The largest absolute Gasteiger partial charge is 0.498 e. The van der Waals surface area contributed by atoms with Crippen molar-refractivity contribution >= 4 is 88.9 Å². The Morgan fingerprint density at radius 3 is 1.31 bits per heavy atom. The molecule has 0 aromatic carbocycles. The Morgan fingerprint density at radius 1 is 0.413 bits per heavy atom. The molecular formula is C76H84B2Br4N18O4. The second kappa shape index (κ2) is 30.5. The van der Waals surface area contributed by atoms with Crippen molar-refractivity contribution in [1.29, 1.82) is 0 Å². The monoisotopic (exact) mass is 1650 g/mol. The molecule has 12 aromatic heterocycles. The van der Waals surface area contributed by atoms with Gasteiger partial charge >= 0.3 is 14.2 Å². The first-order valence-electron chi connectivity index (χ1n) is 34.8. The molecule has 2 saturated heterocycles. The maximum absolute atomic E-state index is 6.08. The number of rotatable bonds is 8. The SMILES string of the molecule is Brc1ccnc(Br)c1.Cc1cccc(-c2nc3n(c2-c2ccnc(-c4cnn(C)c4)c2)C2CCC3C2)n1.Cc1cccc(-c2nc3n(c2Br)C2CCC3C2)n1.Cn1cc(-c2cc(B3OC(C)(C)C(C)(C)O3)ccn2)cn1.Cn1cc(-c2cc(Br)ccn2)cn1.Cn1cc(B2OC(C)(C)C(C)(C)O2)cn1. The molecule has 4 fully saturated rings. The van der Waals surface area contributed by atoms with E-state index in [0.29, 0.717) is 23.9 Å². The van der Waals surface area contributed by atoms with Gasteiger partial charge in [0.1, 0.15) is 32.2 Å². The van der Waals surface area contributed by atoms with Crippen LogP contribution < -0.4 is 10.9 Å². The van der Waals surface area contributed by atoms with Crippen LogP contribution in [0.4, 0.5) is 0 Å². The zero-order chi connectivity index (χ0) is 73.6. The Hall–Kier alpha value is -7.95. The van der Waals surface area contributed by atoms with Crippen LogP contribution in [0.1, 0.15) is 141 Å². The average Bonchev–Trinajstić information content (AvgIpc) is 1.57. The third-order valence-corrected chi connectivity index (χ3v) is 22.5. The fraction of sp³-hybridized carbons (Fsp3) is 0.368. The van der Waals surface area contributed by atoms with Gasteiger partial charge in [-0.25, -0.2) is 15.0 Å². The molecule has 4 aliphatic heterocycles. The van der Waals surface area contributed by atoms with E-state index in [1.165, 1.54) is 55.9 Å². The van der Waals surface area contributed by atoms with Crippen LogP contribution in [0.3, 0.4) is 0 Å². The first kappa shape index (κ1) is 74.3. The van der Waals surface area contributed by atoms with Crippen LogP contribution in [0.2, 0.25) is 0 Å². The van der Waals surface area contributed by atoms with E-state index in [1.807, 2.05) is 168 Å². The molecule has 16 heterocycles. The second-order valence-corrected chi connectivity index (χ2v) is 32.5. The highest BCUT2D eigenvalue weighted by atomic mass is 79.9. The van der Waals surface area contributed by atoms with Gasteiger partial charge in [0.2, 0.25) is 0 Å². The molecule has 0 spiro atoms. The predicted molar refractivity (Wildman–Crippen MR) is 420 cm³/mol. The molecule has 12 aromatic rings. The van der Waals surface area contributed by atoms with Gasteiger partial charge in [-0.2, -0.15) is 20.4 Å². The fourth-order valence-electron chi connectivity index (χ4n) is 13.6. The summed E-state index contributed by atoms with van der Waals surface area (Å²) in [5.41, 5.74) is 14.7. The molecule has 18 rings (SSSR count). The summed E-state index contributed by atoms with van der Waals surface area (Å²) in [5.74, 6) is 3.74. The van der Waals surface area contributed by atoms with Gasteiger partial charge < -0.3 is 27.8 Å². The third kappa shape index (κ3) is 16.2. The summed E-state index contributed by atoms with van der Waals surface area (Å²) in [6, 6.07) is 29.3. The van der Waals surface area contributed by atoms with Gasteiger partial charge in [-0.1, -0.05) is 44.0 Å². The van der Waals surface area contributed by atoms with Crippen molar-refractivity contribution in [1.82, 2.24) is 88.1 Å². The number of aromatic nitrogens is 18. The molecule has 4 atom stereocenters. The van der Waals surface area contributed by atoms with E-state index in [1.54, 1.807) is 55.9 Å². The lowest BCUT2D eigenvalue weighted by atomic mass is 9.79. The lowest BCUT2D eigenvalue weighted by molar-refractivity contribution is 0.00578. The van der Waals surface area contributed by atoms with Crippen molar-refractivity contribution in [3.63, 3.8) is 0 Å². The van der Waals surface area contributed by atoms with E-state index in [9.17, 15) is 0 Å². The lowest BCUT2D eigenvalue weighted by Gasteiger charge is -2.32. The molecule has 4 unspecified atom stereocenters. The van der Waals surface area contributed by atoms with Crippen LogP contribution in [0.15, 0.2) is 177 Å². The van der Waals surface area contributed by atoms with E-state index in [2.05, 4.69) is 170 Å². The minimum atomic E-state index is -0.367. The summed E-state index contributed by atoms with van der Waals surface area (Å²) in [7, 11) is 6.92. The van der Waals surface area contributed by atoms with E-state index in [-0.39, 0.29) is 36.6 Å². The molecule has 536 valence electrons. The number of hydrogen-bond acceptors (Lipinski definition) is 16. The Labute approximate surface area is 641 Å². The lowest BCUT2D eigenvalue weighted by Crippen LogP contribution is -2.41. The van der Waals surface area contributed by atoms with E-state index in [4.69, 9.17) is 33.6 Å². The number of aryl methyl sites for hydroxylation is 6. The van der Waals surface area contributed by atoms with Crippen LogP contribution in [-0.4, -0.2) is 125 Å². The number of halogens is 4. The van der Waals surface area contributed by atoms with Crippen molar-refractivity contribution in [3.05, 3.63) is 200 Å². The smallest absolute Gasteiger partial charge is 0.399 e. The van der Waals surface area contributed by atoms with Crippen LogP contribution >= 0.6 is 63.7 Å². The van der Waals surface area contributed by atoms with Gasteiger partial charge in [-0.3, -0.25) is 43.6 Å². The molecule has 28 heteroatoms. The van der Waals surface area contributed by atoms with Crippen LogP contribution in [-0.2, 0) is 46.8 Å². The first-order chi connectivity index (χ1) is 49.5. The van der Waals surface area contributed by atoms with Crippen LogP contribution in [0, 0.1) is 13.8 Å². The molecule has 2 aliphatic carbocycles. The topological polar surface area (TPSA) is 221 Å². The van der Waals surface area contributed by atoms with Gasteiger partial charge in [-0.15, -0.1) is 0 Å². The summed E-state index contributed by atoms with van der Waals surface area (Å²) in [6.45, 7) is 20.4. The number of pyridine rings is 6. The Balaban J connectivity index is 0.000000115. The summed E-state index contributed by atoms with van der Waals surface area (Å²) >= 11 is 13.6. The minimum Gasteiger partial charge on any atom is -0.399 e. The standard InChI is InChI=1S/C23H22N6.C15H20BN3O2.C14H14BrN3.C10H17BN2O2.C9H8BrN3.C5H3Br2N/c1-14-4-3-5-19(26-14)21-22(29-18-7-6-16(10-18)23(29)27-21)15-8-9-24-20(11-15)17-12-25-28(2)13-17;1-14(2)15(3,4)21-16(20-14)12-6-7-17-13(8-12)11-9-18-19(5)10-11;1-8-3-2-4-11(16-8)12-13(15)18-10-6-5-9(7-10)14(18)17-12;1-9(2)10(3,4)15-11(14-9)8-6-12-13(5)7-8;1-13-6-7(5-12-13)9-4-8(10)2-3-11-9;6-4-1-2-8-5(7)3-4/h3-5,8-9,11-13,16,18H,6-7,10H2,1-2H3;6-10H,1-5H3;2-4,9-10H,5-7H2,1H3;6-7H,1-5H3;2-6H,1H3;1-3H. The molecule has 4 bridgehead atoms. The maximum atomic E-state index is 6.08. The number of imidazole rings is 2. The van der Waals surface area contributed by atoms with Gasteiger partial charge in [0.25, 0.3) is 0 Å². The van der Waals surface area contributed by atoms with Gasteiger partial charge in [0.15, 0.2) is 0 Å². The van der Waals surface area contributed by atoms with Gasteiger partial charge in [0, 0.05) is 156 Å². The zero-order valence-corrected chi connectivity index (χ0v) is 67.3. The fourth-order valence-corrected chi connectivity index (χ4v) is 15.7. The Bertz CT molecular complexity index is 4990. The van der Waals surface area contributed by atoms with Crippen LogP contribution in [0.25, 0.3) is 67.8 Å². The molecule has 104 heavy (non-hydrogen) atoms. The van der Waals surface area contributed by atoms with E-state index < -0.39 is 0 Å². The van der Waals surface area contributed by atoms with Crippen LogP contribution in [0.5, 0.6) is 0 Å². The highest BCUT2D eigenvalue weighted by molar-refractivity contribution is 9.11. The number of nitrogens with zero attached hydrogens (tertiary/aromatic N) is 18. The van der Waals surface area contributed by atoms with Crippen molar-refractivity contribution in [2.45, 2.75) is 154 Å². The number of hydrogen-bond donors (Lipinski definition) is 0. The first-order valence-corrected chi connectivity index (χ1v) is 38.0. The second-order valence-electron chi connectivity index (χ2n) is 29.1. The Kier molecular flexibility index (Phi) is 21.8. The summed E-state index contributed by atoms with van der Waals surface area (Å²) in [4.78, 5) is 36.5. The molecule has 0 amide bonds. The summed E-state index contributed by atoms with van der Waals surface area (Å²) < 4.78 is 39.9. The normalized spacial score (nSPS) is 19.1. The van der Waals surface area contributed by atoms with Gasteiger partial charge in [-0.05, 0) is 218 Å². The average molecular weight is 1650 g/mol. The Morgan fingerprint density at radius 2 is 0.846 bits per heavy atom.